The molecular weight excluding hydrogens is 283 g/mol. The molecule has 1 saturated heterocycles. The van der Waals surface area contributed by atoms with Gasteiger partial charge in [-0.2, -0.15) is 0 Å². The van der Waals surface area contributed by atoms with Gasteiger partial charge < -0.3 is 4.74 Å². The molecule has 1 aromatic rings. The smallest absolute Gasteiger partial charge is 0.236 e. The first kappa shape index (κ1) is 13.1. The van der Waals surface area contributed by atoms with Crippen molar-refractivity contribution in [3.8, 4) is 0 Å². The van der Waals surface area contributed by atoms with Crippen molar-refractivity contribution in [2.45, 2.75) is 24.7 Å². The van der Waals surface area contributed by atoms with Gasteiger partial charge in [-0.1, -0.05) is 17.7 Å². The van der Waals surface area contributed by atoms with Crippen LogP contribution in [0.25, 0.3) is 0 Å². The molecule has 1 heterocycles. The van der Waals surface area contributed by atoms with Crippen LogP contribution in [-0.4, -0.2) is 15.0 Å². The fraction of sp³-hybridized carbons (Fsp3) is 0.455. The zero-order valence-corrected chi connectivity index (χ0v) is 11.4. The van der Waals surface area contributed by atoms with E-state index in [1.165, 1.54) is 0 Å². The normalized spacial score (nSPS) is 20.7. The highest BCUT2D eigenvalue weighted by molar-refractivity contribution is 8.13. The number of hydrogen-bond acceptors (Lipinski definition) is 3. The number of halogens is 2. The van der Waals surface area contributed by atoms with Gasteiger partial charge in [0.15, 0.2) is 0 Å². The molecule has 0 amide bonds. The van der Waals surface area contributed by atoms with E-state index in [0.29, 0.717) is 10.6 Å². The van der Waals surface area contributed by atoms with Gasteiger partial charge in [-0.3, -0.25) is 0 Å². The van der Waals surface area contributed by atoms with E-state index in [9.17, 15) is 8.42 Å². The van der Waals surface area contributed by atoms with Crippen LogP contribution < -0.4 is 0 Å². The minimum atomic E-state index is -3.56. The van der Waals surface area contributed by atoms with Crippen LogP contribution in [0.5, 0.6) is 0 Å². The SMILES string of the molecule is O=S(=O)(Cl)Cc1cc(Cl)cc(C2CCCO2)c1. The lowest BCUT2D eigenvalue weighted by molar-refractivity contribution is 0.112. The summed E-state index contributed by atoms with van der Waals surface area (Å²) in [5.41, 5.74) is 1.52. The Kier molecular flexibility index (Phi) is 3.98. The third-order valence-corrected chi connectivity index (χ3v) is 3.84. The standard InChI is InChI=1S/C11H12Cl2O3S/c12-10-5-8(7-17(13,14)15)4-9(6-10)11-2-1-3-16-11/h4-6,11H,1-3,7H2. The Labute approximate surface area is 110 Å². The van der Waals surface area contributed by atoms with Gasteiger partial charge in [0, 0.05) is 22.3 Å². The number of hydrogen-bond donors (Lipinski definition) is 0. The van der Waals surface area contributed by atoms with E-state index in [1.807, 2.05) is 6.07 Å². The van der Waals surface area contributed by atoms with E-state index in [2.05, 4.69) is 0 Å². The molecule has 1 aromatic carbocycles. The van der Waals surface area contributed by atoms with Gasteiger partial charge in [0.05, 0.1) is 11.9 Å². The highest BCUT2D eigenvalue weighted by atomic mass is 35.7. The molecule has 1 fully saturated rings. The molecule has 0 aromatic heterocycles. The van der Waals surface area contributed by atoms with Crippen molar-refractivity contribution in [1.82, 2.24) is 0 Å². The van der Waals surface area contributed by atoms with Gasteiger partial charge in [0.25, 0.3) is 0 Å². The van der Waals surface area contributed by atoms with E-state index in [-0.39, 0.29) is 11.9 Å². The first-order valence-electron chi connectivity index (χ1n) is 5.27. The Hall–Kier alpha value is -0.290. The lowest BCUT2D eigenvalue weighted by Crippen LogP contribution is -2.00. The summed E-state index contributed by atoms with van der Waals surface area (Å²) in [6.07, 6.45) is 1.97. The molecule has 0 radical (unpaired) electrons. The fourth-order valence-corrected chi connectivity index (χ4v) is 3.19. The topological polar surface area (TPSA) is 43.4 Å². The van der Waals surface area contributed by atoms with Gasteiger partial charge >= 0.3 is 0 Å². The highest BCUT2D eigenvalue weighted by Crippen LogP contribution is 2.31. The van der Waals surface area contributed by atoms with Crippen LogP contribution in [0.1, 0.15) is 30.1 Å². The molecule has 17 heavy (non-hydrogen) atoms. The second kappa shape index (κ2) is 5.14. The molecule has 94 valence electrons. The molecule has 0 saturated carbocycles. The zero-order chi connectivity index (χ0) is 12.5. The summed E-state index contributed by atoms with van der Waals surface area (Å²) in [6, 6.07) is 5.21. The molecule has 0 aliphatic carbocycles. The van der Waals surface area contributed by atoms with Gasteiger partial charge in [-0.25, -0.2) is 8.42 Å². The van der Waals surface area contributed by atoms with E-state index in [1.54, 1.807) is 12.1 Å². The monoisotopic (exact) mass is 294 g/mol. The minimum absolute atomic E-state index is 0.0190. The van der Waals surface area contributed by atoms with Crippen molar-refractivity contribution >= 4 is 31.3 Å². The van der Waals surface area contributed by atoms with Gasteiger partial charge in [0.2, 0.25) is 9.05 Å². The number of rotatable bonds is 3. The van der Waals surface area contributed by atoms with Crippen molar-refractivity contribution in [3.63, 3.8) is 0 Å². The van der Waals surface area contributed by atoms with Gasteiger partial charge in [-0.05, 0) is 36.1 Å². The van der Waals surface area contributed by atoms with Crippen molar-refractivity contribution in [2.75, 3.05) is 6.61 Å². The summed E-state index contributed by atoms with van der Waals surface area (Å²) in [5, 5.41) is 0.508. The Morgan fingerprint density at radius 2 is 2.12 bits per heavy atom. The molecule has 0 N–H and O–H groups in total. The summed E-state index contributed by atoms with van der Waals surface area (Å²) in [5.74, 6) is -0.213. The largest absolute Gasteiger partial charge is 0.374 e. The van der Waals surface area contributed by atoms with Crippen LogP contribution in [0.4, 0.5) is 0 Å². The molecule has 1 aliphatic rings. The molecule has 2 rings (SSSR count). The molecule has 0 spiro atoms. The first-order chi connectivity index (χ1) is 7.94. The molecule has 1 aliphatic heterocycles. The predicted octanol–water partition coefficient (Wildman–Crippen LogP) is 3.26. The lowest BCUT2D eigenvalue weighted by Gasteiger charge is -2.11. The maximum Gasteiger partial charge on any atom is 0.236 e. The molecular formula is C11H12Cl2O3S. The third-order valence-electron chi connectivity index (χ3n) is 2.62. The lowest BCUT2D eigenvalue weighted by atomic mass is 10.0. The number of ether oxygens (including phenoxy) is 1. The number of benzene rings is 1. The summed E-state index contributed by atoms with van der Waals surface area (Å²) in [6.45, 7) is 0.736. The fourth-order valence-electron chi connectivity index (χ4n) is 1.98. The molecule has 3 nitrogen and oxygen atoms in total. The van der Waals surface area contributed by atoms with Gasteiger partial charge in [0.1, 0.15) is 0 Å². The van der Waals surface area contributed by atoms with Crippen LogP contribution in [-0.2, 0) is 19.5 Å². The van der Waals surface area contributed by atoms with E-state index >= 15 is 0 Å². The van der Waals surface area contributed by atoms with Crippen molar-refractivity contribution < 1.29 is 13.2 Å². The Morgan fingerprint density at radius 3 is 2.71 bits per heavy atom. The van der Waals surface area contributed by atoms with Crippen molar-refractivity contribution in [1.29, 1.82) is 0 Å². The highest BCUT2D eigenvalue weighted by Gasteiger charge is 2.19. The van der Waals surface area contributed by atoms with Crippen LogP contribution in [0.2, 0.25) is 5.02 Å². The summed E-state index contributed by atoms with van der Waals surface area (Å²) >= 11 is 5.96. The van der Waals surface area contributed by atoms with Crippen molar-refractivity contribution in [3.05, 3.63) is 34.3 Å². The first-order valence-corrected chi connectivity index (χ1v) is 8.13. The third kappa shape index (κ3) is 3.85. The second-order valence-electron chi connectivity index (χ2n) is 4.08. The average molecular weight is 295 g/mol. The second-order valence-corrected chi connectivity index (χ2v) is 7.29. The Morgan fingerprint density at radius 1 is 1.35 bits per heavy atom. The van der Waals surface area contributed by atoms with E-state index < -0.39 is 9.05 Å². The quantitative estimate of drug-likeness (QED) is 0.804. The molecule has 1 unspecified atom stereocenters. The minimum Gasteiger partial charge on any atom is -0.374 e. The molecule has 6 heteroatoms. The maximum atomic E-state index is 11.0. The summed E-state index contributed by atoms with van der Waals surface area (Å²) in [4.78, 5) is 0. The van der Waals surface area contributed by atoms with E-state index in [0.717, 1.165) is 25.0 Å². The molecule has 0 bridgehead atoms. The van der Waals surface area contributed by atoms with Crippen LogP contribution in [0.3, 0.4) is 0 Å². The summed E-state index contributed by atoms with van der Waals surface area (Å²) < 4.78 is 27.6. The maximum absolute atomic E-state index is 11.0. The average Bonchev–Trinajstić information content (AvgIpc) is 2.65. The zero-order valence-electron chi connectivity index (χ0n) is 9.03. The van der Waals surface area contributed by atoms with Crippen LogP contribution in [0, 0.1) is 0 Å². The van der Waals surface area contributed by atoms with Crippen LogP contribution in [0.15, 0.2) is 18.2 Å². The van der Waals surface area contributed by atoms with E-state index in [4.69, 9.17) is 27.0 Å². The Bertz CT molecular complexity index is 507. The van der Waals surface area contributed by atoms with Crippen LogP contribution >= 0.6 is 22.3 Å². The van der Waals surface area contributed by atoms with Gasteiger partial charge in [-0.15, -0.1) is 0 Å². The Balaban J connectivity index is 2.28. The van der Waals surface area contributed by atoms with Crippen molar-refractivity contribution in [2.24, 2.45) is 0 Å². The summed E-state index contributed by atoms with van der Waals surface area (Å²) in [7, 11) is 1.67. The predicted molar refractivity (Wildman–Crippen MR) is 67.9 cm³/mol. The molecule has 1 atom stereocenters.